The van der Waals surface area contributed by atoms with Crippen molar-refractivity contribution in [3.8, 4) is 5.75 Å². The van der Waals surface area contributed by atoms with E-state index < -0.39 is 23.6 Å². The molecule has 2 aromatic carbocycles. The predicted molar refractivity (Wildman–Crippen MR) is 113 cm³/mol. The number of urea groups is 1. The molecule has 10 heteroatoms. The van der Waals surface area contributed by atoms with Crippen molar-refractivity contribution in [2.45, 2.75) is 6.42 Å². The zero-order chi connectivity index (χ0) is 23.1. The molecule has 0 radical (unpaired) electrons. The Morgan fingerprint density at radius 3 is 2.22 bits per heavy atom. The van der Waals surface area contributed by atoms with E-state index in [4.69, 9.17) is 4.74 Å². The fraction of sp³-hybridized carbons (Fsp3) is 0.318. The highest BCUT2D eigenvalue weighted by atomic mass is 19.2. The standard InChI is InChI=1S/C22H24F2N4O4/c1-32-17-5-3-16(4-6-17)26-22(31)25-9-8-20(29)27-10-12-28(13-11-27)21(30)15-2-7-18(23)19(24)14-15/h2-7,14H,8-13H2,1H3,(H2,25,26,31). The van der Waals surface area contributed by atoms with Crippen LogP contribution in [0.3, 0.4) is 0 Å². The number of rotatable bonds is 6. The smallest absolute Gasteiger partial charge is 0.319 e. The third kappa shape index (κ3) is 5.93. The second kappa shape index (κ2) is 10.6. The van der Waals surface area contributed by atoms with Gasteiger partial charge in [-0.1, -0.05) is 0 Å². The number of carbonyl (C=O) groups is 3. The summed E-state index contributed by atoms with van der Waals surface area (Å²) in [5.74, 6) is -1.97. The highest BCUT2D eigenvalue weighted by molar-refractivity contribution is 5.94. The minimum Gasteiger partial charge on any atom is -0.497 e. The van der Waals surface area contributed by atoms with Crippen molar-refractivity contribution in [3.05, 3.63) is 59.7 Å². The maximum Gasteiger partial charge on any atom is 0.319 e. The first-order chi connectivity index (χ1) is 15.4. The average molecular weight is 446 g/mol. The molecule has 0 aliphatic carbocycles. The normalized spacial score (nSPS) is 13.5. The van der Waals surface area contributed by atoms with Crippen LogP contribution >= 0.6 is 0 Å². The second-order valence-electron chi connectivity index (χ2n) is 7.16. The van der Waals surface area contributed by atoms with Gasteiger partial charge in [0.05, 0.1) is 7.11 Å². The molecule has 1 aliphatic heterocycles. The second-order valence-corrected chi connectivity index (χ2v) is 7.16. The first kappa shape index (κ1) is 23.0. The van der Waals surface area contributed by atoms with Crippen molar-refractivity contribution in [1.82, 2.24) is 15.1 Å². The van der Waals surface area contributed by atoms with Crippen LogP contribution in [0.15, 0.2) is 42.5 Å². The summed E-state index contributed by atoms with van der Waals surface area (Å²) in [6.07, 6.45) is 0.118. The molecule has 1 heterocycles. The molecule has 8 nitrogen and oxygen atoms in total. The van der Waals surface area contributed by atoms with Gasteiger partial charge in [-0.05, 0) is 42.5 Å². The largest absolute Gasteiger partial charge is 0.497 e. The summed E-state index contributed by atoms with van der Waals surface area (Å²) >= 11 is 0. The van der Waals surface area contributed by atoms with Crippen molar-refractivity contribution < 1.29 is 27.9 Å². The quantitative estimate of drug-likeness (QED) is 0.713. The molecule has 0 bridgehead atoms. The minimum atomic E-state index is -1.08. The van der Waals surface area contributed by atoms with Gasteiger partial charge in [0.2, 0.25) is 5.91 Å². The van der Waals surface area contributed by atoms with Crippen molar-refractivity contribution in [3.63, 3.8) is 0 Å². The van der Waals surface area contributed by atoms with E-state index in [1.807, 2.05) is 0 Å². The lowest BCUT2D eigenvalue weighted by molar-refractivity contribution is -0.132. The zero-order valence-electron chi connectivity index (χ0n) is 17.6. The molecule has 2 aromatic rings. The molecule has 0 atom stereocenters. The maximum atomic E-state index is 13.4. The Morgan fingerprint density at radius 2 is 1.59 bits per heavy atom. The first-order valence-electron chi connectivity index (χ1n) is 10.1. The SMILES string of the molecule is COc1ccc(NC(=O)NCCC(=O)N2CCN(C(=O)c3ccc(F)c(F)c3)CC2)cc1. The fourth-order valence-corrected chi connectivity index (χ4v) is 3.26. The van der Waals surface area contributed by atoms with Gasteiger partial charge < -0.3 is 25.2 Å². The Bertz CT molecular complexity index is 976. The molecule has 0 unspecified atom stereocenters. The Labute approximate surface area is 184 Å². The lowest BCUT2D eigenvalue weighted by Gasteiger charge is -2.35. The molecule has 0 aromatic heterocycles. The van der Waals surface area contributed by atoms with E-state index in [1.165, 1.54) is 11.0 Å². The summed E-state index contributed by atoms with van der Waals surface area (Å²) in [6, 6.07) is 9.44. The van der Waals surface area contributed by atoms with Gasteiger partial charge in [0, 0.05) is 50.4 Å². The zero-order valence-corrected chi connectivity index (χ0v) is 17.6. The topological polar surface area (TPSA) is 91.0 Å². The summed E-state index contributed by atoms with van der Waals surface area (Å²) in [6.45, 7) is 1.39. The van der Waals surface area contributed by atoms with Crippen LogP contribution in [0.4, 0.5) is 19.3 Å². The number of ether oxygens (including phenoxy) is 1. The van der Waals surface area contributed by atoms with Gasteiger partial charge in [-0.3, -0.25) is 9.59 Å². The van der Waals surface area contributed by atoms with Crippen LogP contribution in [0.5, 0.6) is 5.75 Å². The third-order valence-electron chi connectivity index (χ3n) is 5.06. The molecule has 0 saturated carbocycles. The predicted octanol–water partition coefficient (Wildman–Crippen LogP) is 2.47. The molecule has 170 valence electrons. The highest BCUT2D eigenvalue weighted by Crippen LogP contribution is 2.15. The van der Waals surface area contributed by atoms with Gasteiger partial charge in [-0.25, -0.2) is 13.6 Å². The number of hydrogen-bond acceptors (Lipinski definition) is 4. The van der Waals surface area contributed by atoms with Crippen molar-refractivity contribution in [2.75, 3.05) is 45.2 Å². The molecule has 0 spiro atoms. The van der Waals surface area contributed by atoms with Gasteiger partial charge in [-0.15, -0.1) is 0 Å². The molecule has 3 rings (SSSR count). The van der Waals surface area contributed by atoms with E-state index in [0.29, 0.717) is 24.5 Å². The Hall–Kier alpha value is -3.69. The third-order valence-corrected chi connectivity index (χ3v) is 5.06. The van der Waals surface area contributed by atoms with Crippen LogP contribution in [0, 0.1) is 11.6 Å². The molecule has 1 saturated heterocycles. The number of halogens is 2. The molecule has 32 heavy (non-hydrogen) atoms. The van der Waals surface area contributed by atoms with Gasteiger partial charge >= 0.3 is 6.03 Å². The number of nitrogens with one attached hydrogen (secondary N) is 2. The summed E-state index contributed by atoms with van der Waals surface area (Å²) in [5, 5.41) is 5.29. The highest BCUT2D eigenvalue weighted by Gasteiger charge is 2.25. The summed E-state index contributed by atoms with van der Waals surface area (Å²) in [4.78, 5) is 39.9. The van der Waals surface area contributed by atoms with Crippen LogP contribution in [-0.2, 0) is 4.79 Å². The van der Waals surface area contributed by atoms with Crippen LogP contribution in [0.1, 0.15) is 16.8 Å². The number of hydrogen-bond donors (Lipinski definition) is 2. The number of carbonyl (C=O) groups excluding carboxylic acids is 3. The Balaban J connectivity index is 1.39. The molecular formula is C22H24F2N4O4. The van der Waals surface area contributed by atoms with Gasteiger partial charge in [0.1, 0.15) is 5.75 Å². The first-order valence-corrected chi connectivity index (χ1v) is 10.1. The molecule has 2 N–H and O–H groups in total. The number of piperazine rings is 1. The van der Waals surface area contributed by atoms with Crippen molar-refractivity contribution in [1.29, 1.82) is 0 Å². The van der Waals surface area contributed by atoms with E-state index in [9.17, 15) is 23.2 Å². The monoisotopic (exact) mass is 446 g/mol. The summed E-state index contributed by atoms with van der Waals surface area (Å²) < 4.78 is 31.5. The number of nitrogens with zero attached hydrogens (tertiary/aromatic N) is 2. The van der Waals surface area contributed by atoms with E-state index in [0.717, 1.165) is 12.1 Å². The lowest BCUT2D eigenvalue weighted by atomic mass is 10.1. The number of amides is 4. The van der Waals surface area contributed by atoms with Gasteiger partial charge in [0.25, 0.3) is 5.91 Å². The molecular weight excluding hydrogens is 422 g/mol. The Kier molecular flexibility index (Phi) is 7.58. The van der Waals surface area contributed by atoms with Crippen molar-refractivity contribution >= 4 is 23.5 Å². The van der Waals surface area contributed by atoms with E-state index in [-0.39, 0.29) is 37.5 Å². The van der Waals surface area contributed by atoms with Crippen LogP contribution < -0.4 is 15.4 Å². The summed E-state index contributed by atoms with van der Waals surface area (Å²) in [5.41, 5.74) is 0.659. The Morgan fingerprint density at radius 1 is 0.938 bits per heavy atom. The number of anilines is 1. The minimum absolute atomic E-state index is 0.0655. The average Bonchev–Trinajstić information content (AvgIpc) is 2.81. The maximum absolute atomic E-state index is 13.4. The van der Waals surface area contributed by atoms with Crippen LogP contribution in [0.25, 0.3) is 0 Å². The molecule has 1 aliphatic rings. The van der Waals surface area contributed by atoms with Crippen molar-refractivity contribution in [2.24, 2.45) is 0 Å². The molecule has 1 fully saturated rings. The summed E-state index contributed by atoms with van der Waals surface area (Å²) in [7, 11) is 1.55. The van der Waals surface area contributed by atoms with Crippen LogP contribution in [-0.4, -0.2) is 67.5 Å². The molecule has 4 amide bonds. The number of methoxy groups -OCH3 is 1. The number of benzene rings is 2. The lowest BCUT2D eigenvalue weighted by Crippen LogP contribution is -2.51. The fourth-order valence-electron chi connectivity index (χ4n) is 3.26. The van der Waals surface area contributed by atoms with Gasteiger partial charge in [-0.2, -0.15) is 0 Å². The van der Waals surface area contributed by atoms with Crippen LogP contribution in [0.2, 0.25) is 0 Å². The van der Waals surface area contributed by atoms with E-state index in [1.54, 1.807) is 36.3 Å². The van der Waals surface area contributed by atoms with Gasteiger partial charge in [0.15, 0.2) is 11.6 Å². The van der Waals surface area contributed by atoms with E-state index in [2.05, 4.69) is 10.6 Å². The van der Waals surface area contributed by atoms with E-state index >= 15 is 0 Å².